The number of carbonyl (C=O) groups excluding carboxylic acids is 2. The molecule has 32 heavy (non-hydrogen) atoms. The number of amidine groups is 1. The normalized spacial score (nSPS) is 18.8. The molecule has 9 heteroatoms. The number of rotatable bonds is 9. The highest BCUT2D eigenvalue weighted by Gasteiger charge is 2.37. The number of hydrogen-bond acceptors (Lipinski definition) is 7. The average molecular weight is 438 g/mol. The summed E-state index contributed by atoms with van der Waals surface area (Å²) < 4.78 is 16.3. The topological polar surface area (TPSA) is 118 Å². The van der Waals surface area contributed by atoms with E-state index in [0.717, 1.165) is 5.56 Å². The zero-order chi connectivity index (χ0) is 22.5. The van der Waals surface area contributed by atoms with Gasteiger partial charge in [-0.15, -0.1) is 0 Å². The highest BCUT2D eigenvalue weighted by atomic mass is 16.6. The summed E-state index contributed by atoms with van der Waals surface area (Å²) in [6.07, 6.45) is -0.668. The Morgan fingerprint density at radius 2 is 1.81 bits per heavy atom. The predicted octanol–water partition coefficient (Wildman–Crippen LogP) is 1.74. The SMILES string of the molecule is N=C(N)c1ccc(N2CC(CN3CC(OCC(=O)OCc4ccccc4)C3)OC2=O)cc1. The van der Waals surface area contributed by atoms with E-state index in [0.29, 0.717) is 37.4 Å². The van der Waals surface area contributed by atoms with Gasteiger partial charge in [-0.1, -0.05) is 30.3 Å². The van der Waals surface area contributed by atoms with Gasteiger partial charge in [0.15, 0.2) is 0 Å². The molecule has 9 nitrogen and oxygen atoms in total. The number of likely N-dealkylation sites (tertiary alicyclic amines) is 1. The van der Waals surface area contributed by atoms with E-state index < -0.39 is 0 Å². The number of amides is 1. The van der Waals surface area contributed by atoms with Gasteiger partial charge in [-0.2, -0.15) is 0 Å². The van der Waals surface area contributed by atoms with Gasteiger partial charge in [0.2, 0.25) is 0 Å². The van der Waals surface area contributed by atoms with Crippen LogP contribution in [-0.2, 0) is 25.6 Å². The number of nitrogens with one attached hydrogen (secondary N) is 1. The van der Waals surface area contributed by atoms with Crippen molar-refractivity contribution in [3.05, 3.63) is 65.7 Å². The summed E-state index contributed by atoms with van der Waals surface area (Å²) >= 11 is 0. The lowest BCUT2D eigenvalue weighted by Crippen LogP contribution is -2.55. The Morgan fingerprint density at radius 3 is 2.50 bits per heavy atom. The molecule has 2 aromatic rings. The summed E-state index contributed by atoms with van der Waals surface area (Å²) in [4.78, 5) is 27.8. The third-order valence-corrected chi connectivity index (χ3v) is 5.43. The monoisotopic (exact) mass is 438 g/mol. The molecule has 2 aliphatic heterocycles. The molecule has 2 heterocycles. The number of ether oxygens (including phenoxy) is 3. The third kappa shape index (κ3) is 5.43. The number of nitrogens with zero attached hydrogens (tertiary/aromatic N) is 2. The van der Waals surface area contributed by atoms with E-state index in [4.69, 9.17) is 25.4 Å². The second-order valence-electron chi connectivity index (χ2n) is 7.87. The Kier molecular flexibility index (Phi) is 6.67. The first-order valence-electron chi connectivity index (χ1n) is 10.4. The first-order valence-corrected chi connectivity index (χ1v) is 10.4. The Labute approximate surface area is 186 Å². The maximum absolute atomic E-state index is 12.2. The van der Waals surface area contributed by atoms with Crippen molar-refractivity contribution in [3.8, 4) is 0 Å². The van der Waals surface area contributed by atoms with Crippen molar-refractivity contribution in [1.82, 2.24) is 4.90 Å². The van der Waals surface area contributed by atoms with Crippen LogP contribution in [0.4, 0.5) is 10.5 Å². The summed E-state index contributed by atoms with van der Waals surface area (Å²) in [6, 6.07) is 16.4. The zero-order valence-corrected chi connectivity index (χ0v) is 17.6. The molecule has 3 N–H and O–H groups in total. The van der Waals surface area contributed by atoms with Crippen LogP contribution in [0.15, 0.2) is 54.6 Å². The minimum Gasteiger partial charge on any atom is -0.459 e. The quantitative estimate of drug-likeness (QED) is 0.348. The van der Waals surface area contributed by atoms with Crippen molar-refractivity contribution in [2.75, 3.05) is 37.7 Å². The molecular formula is C23H26N4O5. The molecule has 168 valence electrons. The van der Waals surface area contributed by atoms with E-state index in [9.17, 15) is 9.59 Å². The van der Waals surface area contributed by atoms with Crippen LogP contribution in [0, 0.1) is 5.41 Å². The lowest BCUT2D eigenvalue weighted by Gasteiger charge is -2.39. The molecular weight excluding hydrogens is 412 g/mol. The maximum atomic E-state index is 12.2. The van der Waals surface area contributed by atoms with Crippen LogP contribution in [0.1, 0.15) is 11.1 Å². The molecule has 2 aliphatic rings. The van der Waals surface area contributed by atoms with E-state index in [-0.39, 0.29) is 43.3 Å². The number of nitrogens with two attached hydrogens (primary N) is 1. The zero-order valence-electron chi connectivity index (χ0n) is 17.6. The van der Waals surface area contributed by atoms with Gasteiger partial charge < -0.3 is 19.9 Å². The van der Waals surface area contributed by atoms with E-state index in [1.165, 1.54) is 0 Å². The number of carbonyl (C=O) groups is 2. The smallest absolute Gasteiger partial charge is 0.414 e. The van der Waals surface area contributed by atoms with Gasteiger partial charge in [-0.05, 0) is 29.8 Å². The van der Waals surface area contributed by atoms with Gasteiger partial charge in [-0.3, -0.25) is 15.2 Å². The van der Waals surface area contributed by atoms with Gasteiger partial charge in [0, 0.05) is 30.9 Å². The molecule has 2 fully saturated rings. The minimum atomic E-state index is -0.389. The number of anilines is 1. The molecule has 0 aromatic heterocycles. The number of nitrogen functional groups attached to an aromatic ring is 1. The van der Waals surface area contributed by atoms with Crippen LogP contribution in [0.2, 0.25) is 0 Å². The summed E-state index contributed by atoms with van der Waals surface area (Å²) in [5.74, 6) is -0.402. The fraction of sp³-hybridized carbons (Fsp3) is 0.348. The van der Waals surface area contributed by atoms with Gasteiger partial charge in [-0.25, -0.2) is 9.59 Å². The van der Waals surface area contributed by atoms with Gasteiger partial charge in [0.1, 0.15) is 25.2 Å². The number of esters is 1. The molecule has 1 atom stereocenters. The molecule has 0 spiro atoms. The number of benzene rings is 2. The molecule has 4 rings (SSSR count). The van der Waals surface area contributed by atoms with E-state index in [1.54, 1.807) is 29.2 Å². The highest BCUT2D eigenvalue weighted by Crippen LogP contribution is 2.24. The molecule has 0 bridgehead atoms. The van der Waals surface area contributed by atoms with Gasteiger partial charge in [0.25, 0.3) is 0 Å². The van der Waals surface area contributed by atoms with Crippen molar-refractivity contribution >= 4 is 23.6 Å². The maximum Gasteiger partial charge on any atom is 0.414 e. The van der Waals surface area contributed by atoms with Crippen LogP contribution >= 0.6 is 0 Å². The molecule has 0 radical (unpaired) electrons. The summed E-state index contributed by atoms with van der Waals surface area (Å²) in [6.45, 7) is 2.56. The van der Waals surface area contributed by atoms with Crippen molar-refractivity contribution < 1.29 is 23.8 Å². The lowest BCUT2D eigenvalue weighted by atomic mass is 10.1. The van der Waals surface area contributed by atoms with E-state index in [1.807, 2.05) is 30.3 Å². The standard InChI is InChI=1S/C23H26N4O5/c24-22(25)17-6-8-18(9-7-17)27-13-20(32-23(27)29)12-26-10-19(11-26)30-15-21(28)31-14-16-4-2-1-3-5-16/h1-9,19-20H,10-15H2,(H3,24,25). The molecule has 1 unspecified atom stereocenters. The number of hydrogen-bond donors (Lipinski definition) is 2. The largest absolute Gasteiger partial charge is 0.459 e. The van der Waals surface area contributed by atoms with Crippen LogP contribution in [0.5, 0.6) is 0 Å². The van der Waals surface area contributed by atoms with E-state index in [2.05, 4.69) is 4.90 Å². The van der Waals surface area contributed by atoms with Gasteiger partial charge >= 0.3 is 12.1 Å². The summed E-state index contributed by atoms with van der Waals surface area (Å²) in [5.41, 5.74) is 7.72. The van der Waals surface area contributed by atoms with Crippen LogP contribution in [0.25, 0.3) is 0 Å². The lowest BCUT2D eigenvalue weighted by molar-refractivity contribution is -0.156. The summed E-state index contributed by atoms with van der Waals surface area (Å²) in [5, 5.41) is 7.45. The second-order valence-corrected chi connectivity index (χ2v) is 7.87. The number of cyclic esters (lactones) is 1. The van der Waals surface area contributed by atoms with Crippen LogP contribution in [-0.4, -0.2) is 67.8 Å². The average Bonchev–Trinajstić information content (AvgIpc) is 3.14. The Morgan fingerprint density at radius 1 is 1.09 bits per heavy atom. The first kappa shape index (κ1) is 21.8. The Balaban J connectivity index is 1.14. The van der Waals surface area contributed by atoms with Crippen molar-refractivity contribution in [3.63, 3.8) is 0 Å². The first-order chi connectivity index (χ1) is 15.5. The van der Waals surface area contributed by atoms with Crippen LogP contribution in [0.3, 0.4) is 0 Å². The molecule has 1 amide bonds. The highest BCUT2D eigenvalue weighted by molar-refractivity contribution is 5.96. The fourth-order valence-electron chi connectivity index (χ4n) is 3.68. The molecule has 2 saturated heterocycles. The molecule has 2 aromatic carbocycles. The molecule has 0 saturated carbocycles. The van der Waals surface area contributed by atoms with Gasteiger partial charge in [0.05, 0.1) is 12.6 Å². The fourth-order valence-corrected chi connectivity index (χ4v) is 3.68. The van der Waals surface area contributed by atoms with E-state index >= 15 is 0 Å². The Bertz CT molecular complexity index is 960. The predicted molar refractivity (Wildman–Crippen MR) is 117 cm³/mol. The molecule has 0 aliphatic carbocycles. The van der Waals surface area contributed by atoms with Crippen molar-refractivity contribution in [2.24, 2.45) is 5.73 Å². The second kappa shape index (κ2) is 9.80. The minimum absolute atomic E-state index is 0.0163. The van der Waals surface area contributed by atoms with Crippen molar-refractivity contribution in [2.45, 2.75) is 18.8 Å². The summed E-state index contributed by atoms with van der Waals surface area (Å²) in [7, 11) is 0. The Hall–Kier alpha value is -3.43. The van der Waals surface area contributed by atoms with Crippen molar-refractivity contribution in [1.29, 1.82) is 5.41 Å². The van der Waals surface area contributed by atoms with Crippen LogP contribution < -0.4 is 10.6 Å². The third-order valence-electron chi connectivity index (χ3n) is 5.43.